The van der Waals surface area contributed by atoms with Gasteiger partial charge >= 0.3 is 0 Å². The molecule has 0 aliphatic rings. The van der Waals surface area contributed by atoms with Crippen molar-refractivity contribution in [3.05, 3.63) is 36.2 Å². The van der Waals surface area contributed by atoms with E-state index >= 15 is 0 Å². The number of hydrogen-bond acceptors (Lipinski definition) is 3. The number of nitrogens with zero attached hydrogens (tertiary/aromatic N) is 2. The quantitative estimate of drug-likeness (QED) is 0.847. The van der Waals surface area contributed by atoms with E-state index in [1.807, 2.05) is 16.9 Å². The largest absolute Gasteiger partial charge is 0.497 e. The first-order valence-electron chi connectivity index (χ1n) is 7.57. The van der Waals surface area contributed by atoms with Gasteiger partial charge in [0.15, 0.2) is 0 Å². The summed E-state index contributed by atoms with van der Waals surface area (Å²) in [5.41, 5.74) is 3.61. The Balaban J connectivity index is 2.31. The Kier molecular flexibility index (Phi) is 5.39. The van der Waals surface area contributed by atoms with Crippen LogP contribution in [0.25, 0.3) is 11.1 Å². The standard InChI is InChI=1S/C17H25N3O/c1-5-8-20-12-15(11-19-20)17-7-6-16(21-4)9-14(17)10-18-13(2)3/h6-7,9,11-13,18H,5,8,10H2,1-4H3. The molecule has 0 radical (unpaired) electrons. The molecule has 2 aromatic rings. The number of nitrogens with one attached hydrogen (secondary N) is 1. The van der Waals surface area contributed by atoms with Gasteiger partial charge < -0.3 is 10.1 Å². The molecule has 0 fully saturated rings. The predicted molar refractivity (Wildman–Crippen MR) is 86.5 cm³/mol. The van der Waals surface area contributed by atoms with E-state index in [2.05, 4.69) is 49.5 Å². The van der Waals surface area contributed by atoms with E-state index < -0.39 is 0 Å². The Morgan fingerprint density at radius 1 is 1.33 bits per heavy atom. The Morgan fingerprint density at radius 3 is 2.81 bits per heavy atom. The van der Waals surface area contributed by atoms with E-state index in [0.29, 0.717) is 6.04 Å². The third-order valence-electron chi connectivity index (χ3n) is 3.41. The number of methoxy groups -OCH3 is 1. The van der Waals surface area contributed by atoms with Gasteiger partial charge in [-0.2, -0.15) is 5.10 Å². The molecule has 0 aliphatic carbocycles. The van der Waals surface area contributed by atoms with Crippen LogP contribution in [0.3, 0.4) is 0 Å². The van der Waals surface area contributed by atoms with Gasteiger partial charge in [0, 0.05) is 30.9 Å². The van der Waals surface area contributed by atoms with Crippen LogP contribution in [0.15, 0.2) is 30.6 Å². The first-order valence-corrected chi connectivity index (χ1v) is 7.57. The maximum Gasteiger partial charge on any atom is 0.119 e. The predicted octanol–water partition coefficient (Wildman–Crippen LogP) is 3.47. The molecule has 0 saturated heterocycles. The van der Waals surface area contributed by atoms with Crippen LogP contribution in [-0.4, -0.2) is 22.9 Å². The van der Waals surface area contributed by atoms with Crippen molar-refractivity contribution in [2.45, 2.75) is 46.3 Å². The number of aryl methyl sites for hydroxylation is 1. The molecule has 4 nitrogen and oxygen atoms in total. The zero-order valence-electron chi connectivity index (χ0n) is 13.4. The van der Waals surface area contributed by atoms with Gasteiger partial charge in [0.05, 0.1) is 13.3 Å². The summed E-state index contributed by atoms with van der Waals surface area (Å²) in [5, 5.41) is 7.90. The summed E-state index contributed by atoms with van der Waals surface area (Å²) in [7, 11) is 1.70. The fourth-order valence-corrected chi connectivity index (χ4v) is 2.29. The van der Waals surface area contributed by atoms with E-state index in [-0.39, 0.29) is 0 Å². The molecule has 0 unspecified atom stereocenters. The summed E-state index contributed by atoms with van der Waals surface area (Å²) >= 11 is 0. The van der Waals surface area contributed by atoms with Crippen LogP contribution in [0.4, 0.5) is 0 Å². The maximum absolute atomic E-state index is 5.35. The zero-order valence-corrected chi connectivity index (χ0v) is 13.4. The van der Waals surface area contributed by atoms with Gasteiger partial charge in [0.1, 0.15) is 5.75 Å². The van der Waals surface area contributed by atoms with Crippen molar-refractivity contribution in [1.82, 2.24) is 15.1 Å². The highest BCUT2D eigenvalue weighted by atomic mass is 16.5. The average molecular weight is 287 g/mol. The van der Waals surface area contributed by atoms with E-state index in [4.69, 9.17) is 4.74 Å². The monoisotopic (exact) mass is 287 g/mol. The smallest absolute Gasteiger partial charge is 0.119 e. The molecule has 1 heterocycles. The minimum Gasteiger partial charge on any atom is -0.497 e. The number of aromatic nitrogens is 2. The number of rotatable bonds is 7. The van der Waals surface area contributed by atoms with Crippen LogP contribution in [0.5, 0.6) is 5.75 Å². The van der Waals surface area contributed by atoms with Crippen molar-refractivity contribution in [2.24, 2.45) is 0 Å². The zero-order chi connectivity index (χ0) is 15.2. The van der Waals surface area contributed by atoms with E-state index in [0.717, 1.165) is 30.8 Å². The molecule has 1 N–H and O–H groups in total. The van der Waals surface area contributed by atoms with Crippen LogP contribution in [0.1, 0.15) is 32.8 Å². The Hall–Kier alpha value is -1.81. The molecule has 1 aromatic carbocycles. The second-order valence-corrected chi connectivity index (χ2v) is 5.55. The van der Waals surface area contributed by atoms with Gasteiger partial charge in [-0.1, -0.05) is 26.8 Å². The van der Waals surface area contributed by atoms with Crippen LogP contribution in [-0.2, 0) is 13.1 Å². The van der Waals surface area contributed by atoms with E-state index in [9.17, 15) is 0 Å². The van der Waals surface area contributed by atoms with Crippen molar-refractivity contribution < 1.29 is 4.74 Å². The third kappa shape index (κ3) is 4.08. The number of benzene rings is 1. The summed E-state index contributed by atoms with van der Waals surface area (Å²) in [6.07, 6.45) is 5.14. The molecular formula is C17H25N3O. The van der Waals surface area contributed by atoms with Gasteiger partial charge in [-0.25, -0.2) is 0 Å². The van der Waals surface area contributed by atoms with Gasteiger partial charge in [0.2, 0.25) is 0 Å². The average Bonchev–Trinajstić information content (AvgIpc) is 2.93. The molecule has 1 aromatic heterocycles. The first kappa shape index (κ1) is 15.6. The van der Waals surface area contributed by atoms with Crippen LogP contribution in [0, 0.1) is 0 Å². The fraction of sp³-hybridized carbons (Fsp3) is 0.471. The Labute approximate surface area is 127 Å². The van der Waals surface area contributed by atoms with Gasteiger partial charge in [-0.05, 0) is 29.7 Å². The topological polar surface area (TPSA) is 39.1 Å². The lowest BCUT2D eigenvalue weighted by molar-refractivity contribution is 0.414. The second-order valence-electron chi connectivity index (χ2n) is 5.55. The normalized spacial score (nSPS) is 11.1. The molecule has 4 heteroatoms. The minimum absolute atomic E-state index is 0.451. The van der Waals surface area contributed by atoms with Crippen molar-refractivity contribution in [2.75, 3.05) is 7.11 Å². The number of hydrogen-bond donors (Lipinski definition) is 1. The number of ether oxygens (including phenoxy) is 1. The molecule has 0 spiro atoms. The van der Waals surface area contributed by atoms with Crippen LogP contribution < -0.4 is 10.1 Å². The van der Waals surface area contributed by atoms with Crippen LogP contribution >= 0.6 is 0 Å². The molecule has 0 bridgehead atoms. The summed E-state index contributed by atoms with van der Waals surface area (Å²) in [4.78, 5) is 0. The third-order valence-corrected chi connectivity index (χ3v) is 3.41. The molecule has 0 amide bonds. The van der Waals surface area contributed by atoms with Crippen molar-refractivity contribution >= 4 is 0 Å². The highest BCUT2D eigenvalue weighted by Gasteiger charge is 2.09. The summed E-state index contributed by atoms with van der Waals surface area (Å²) in [5.74, 6) is 0.889. The summed E-state index contributed by atoms with van der Waals surface area (Å²) in [6.45, 7) is 8.24. The second kappa shape index (κ2) is 7.27. The van der Waals surface area contributed by atoms with Crippen molar-refractivity contribution in [3.63, 3.8) is 0 Å². The summed E-state index contributed by atoms with van der Waals surface area (Å²) in [6, 6.07) is 6.67. The molecular weight excluding hydrogens is 262 g/mol. The maximum atomic E-state index is 5.35. The Morgan fingerprint density at radius 2 is 2.14 bits per heavy atom. The first-order chi connectivity index (χ1) is 10.1. The lowest BCUT2D eigenvalue weighted by Gasteiger charge is -2.13. The van der Waals surface area contributed by atoms with Crippen molar-refractivity contribution in [3.8, 4) is 16.9 Å². The minimum atomic E-state index is 0.451. The van der Waals surface area contributed by atoms with Gasteiger partial charge in [0.25, 0.3) is 0 Å². The molecule has 21 heavy (non-hydrogen) atoms. The SMILES string of the molecule is CCCn1cc(-c2ccc(OC)cc2CNC(C)C)cn1. The highest BCUT2D eigenvalue weighted by molar-refractivity contribution is 5.67. The molecule has 0 saturated carbocycles. The van der Waals surface area contributed by atoms with E-state index in [1.54, 1.807) is 7.11 Å². The molecule has 0 atom stereocenters. The Bertz CT molecular complexity index is 575. The van der Waals surface area contributed by atoms with Gasteiger partial charge in [-0.3, -0.25) is 4.68 Å². The lowest BCUT2D eigenvalue weighted by atomic mass is 10.0. The molecule has 114 valence electrons. The van der Waals surface area contributed by atoms with Crippen LogP contribution in [0.2, 0.25) is 0 Å². The molecule has 0 aliphatic heterocycles. The lowest BCUT2D eigenvalue weighted by Crippen LogP contribution is -2.22. The van der Waals surface area contributed by atoms with Crippen molar-refractivity contribution in [1.29, 1.82) is 0 Å². The molecule has 2 rings (SSSR count). The van der Waals surface area contributed by atoms with E-state index in [1.165, 1.54) is 11.1 Å². The fourth-order valence-electron chi connectivity index (χ4n) is 2.29. The summed E-state index contributed by atoms with van der Waals surface area (Å²) < 4.78 is 7.35. The van der Waals surface area contributed by atoms with Gasteiger partial charge in [-0.15, -0.1) is 0 Å². The highest BCUT2D eigenvalue weighted by Crippen LogP contribution is 2.27.